The Morgan fingerprint density at radius 1 is 1.29 bits per heavy atom. The summed E-state index contributed by atoms with van der Waals surface area (Å²) in [7, 11) is 0. The lowest BCUT2D eigenvalue weighted by atomic mass is 9.92. The van der Waals surface area contributed by atoms with Gasteiger partial charge in [-0.2, -0.15) is 0 Å². The number of rotatable bonds is 3. The second-order valence-corrected chi connectivity index (χ2v) is 6.01. The molecule has 2 saturated heterocycles. The summed E-state index contributed by atoms with van der Waals surface area (Å²) in [6, 6.07) is 7.55. The van der Waals surface area contributed by atoms with Crippen molar-refractivity contribution in [3.63, 3.8) is 0 Å². The molecule has 2 atom stereocenters. The molecule has 0 bridgehead atoms. The highest BCUT2D eigenvalue weighted by atomic mass is 16.5. The van der Waals surface area contributed by atoms with E-state index in [0.717, 1.165) is 62.2 Å². The SMILES string of the molecule is CCOc1cccc(C(=O)N2CC[C@@H]3CNC[C@@H]3CC2)c1. The molecule has 0 saturated carbocycles. The molecule has 0 radical (unpaired) electrons. The minimum absolute atomic E-state index is 0.143. The zero-order chi connectivity index (χ0) is 14.7. The lowest BCUT2D eigenvalue weighted by molar-refractivity contribution is 0.0758. The van der Waals surface area contributed by atoms with E-state index < -0.39 is 0 Å². The van der Waals surface area contributed by atoms with E-state index >= 15 is 0 Å². The molecular weight excluding hydrogens is 264 g/mol. The Morgan fingerprint density at radius 2 is 2.00 bits per heavy atom. The first-order chi connectivity index (χ1) is 10.3. The topological polar surface area (TPSA) is 41.6 Å². The van der Waals surface area contributed by atoms with Crippen molar-refractivity contribution in [2.24, 2.45) is 11.8 Å². The van der Waals surface area contributed by atoms with Crippen LogP contribution in [0.1, 0.15) is 30.1 Å². The average molecular weight is 288 g/mol. The van der Waals surface area contributed by atoms with E-state index in [1.165, 1.54) is 0 Å². The lowest BCUT2D eigenvalue weighted by Crippen LogP contribution is -2.32. The van der Waals surface area contributed by atoms with Crippen LogP contribution in [0.2, 0.25) is 0 Å². The number of carbonyl (C=O) groups excluding carboxylic acids is 1. The van der Waals surface area contributed by atoms with Crippen LogP contribution in [0, 0.1) is 11.8 Å². The number of carbonyl (C=O) groups is 1. The molecule has 2 fully saturated rings. The maximum Gasteiger partial charge on any atom is 0.253 e. The van der Waals surface area contributed by atoms with Crippen molar-refractivity contribution < 1.29 is 9.53 Å². The summed E-state index contributed by atoms with van der Waals surface area (Å²) in [5.41, 5.74) is 0.742. The number of nitrogens with one attached hydrogen (secondary N) is 1. The highest BCUT2D eigenvalue weighted by molar-refractivity contribution is 5.94. The van der Waals surface area contributed by atoms with Crippen molar-refractivity contribution >= 4 is 5.91 Å². The molecule has 2 aliphatic heterocycles. The summed E-state index contributed by atoms with van der Waals surface area (Å²) >= 11 is 0. The molecule has 21 heavy (non-hydrogen) atoms. The molecule has 1 aromatic carbocycles. The van der Waals surface area contributed by atoms with Gasteiger partial charge in [-0.15, -0.1) is 0 Å². The predicted molar refractivity (Wildman–Crippen MR) is 82.6 cm³/mol. The van der Waals surface area contributed by atoms with Gasteiger partial charge in [0.1, 0.15) is 5.75 Å². The molecule has 114 valence electrons. The van der Waals surface area contributed by atoms with Crippen LogP contribution >= 0.6 is 0 Å². The van der Waals surface area contributed by atoms with Gasteiger partial charge in [-0.05, 0) is 62.9 Å². The summed E-state index contributed by atoms with van der Waals surface area (Å²) in [4.78, 5) is 14.7. The van der Waals surface area contributed by atoms with E-state index in [1.807, 2.05) is 36.1 Å². The minimum atomic E-state index is 0.143. The predicted octanol–water partition coefficient (Wildman–Crippen LogP) is 2.16. The second-order valence-electron chi connectivity index (χ2n) is 6.01. The molecule has 3 rings (SSSR count). The third-order valence-corrected chi connectivity index (χ3v) is 4.70. The van der Waals surface area contributed by atoms with Gasteiger partial charge in [-0.1, -0.05) is 6.07 Å². The van der Waals surface area contributed by atoms with Crippen LogP contribution < -0.4 is 10.1 Å². The molecule has 4 nitrogen and oxygen atoms in total. The zero-order valence-corrected chi connectivity index (χ0v) is 12.7. The molecule has 2 aliphatic rings. The van der Waals surface area contributed by atoms with E-state index in [0.29, 0.717) is 6.61 Å². The van der Waals surface area contributed by atoms with E-state index in [2.05, 4.69) is 5.32 Å². The summed E-state index contributed by atoms with van der Waals surface area (Å²) < 4.78 is 5.49. The number of amides is 1. The number of fused-ring (bicyclic) bond motifs is 1. The fourth-order valence-electron chi connectivity index (χ4n) is 3.49. The Kier molecular flexibility index (Phi) is 4.44. The fourth-order valence-corrected chi connectivity index (χ4v) is 3.49. The third kappa shape index (κ3) is 3.21. The number of ether oxygens (including phenoxy) is 1. The molecule has 0 unspecified atom stereocenters. The van der Waals surface area contributed by atoms with Gasteiger partial charge < -0.3 is 15.0 Å². The van der Waals surface area contributed by atoms with Crippen molar-refractivity contribution in [3.05, 3.63) is 29.8 Å². The average Bonchev–Trinajstić information content (AvgIpc) is 2.86. The maximum atomic E-state index is 12.7. The van der Waals surface area contributed by atoms with Crippen molar-refractivity contribution in [1.29, 1.82) is 0 Å². The highest BCUT2D eigenvalue weighted by Gasteiger charge is 2.31. The molecule has 0 spiro atoms. The molecular formula is C17H24N2O2. The van der Waals surface area contributed by atoms with Gasteiger partial charge in [0, 0.05) is 18.7 Å². The van der Waals surface area contributed by atoms with Gasteiger partial charge in [-0.3, -0.25) is 4.79 Å². The van der Waals surface area contributed by atoms with Crippen LogP contribution in [0.5, 0.6) is 5.75 Å². The standard InChI is InChI=1S/C17H24N2O2/c1-2-21-16-5-3-4-13(10-16)17(20)19-8-6-14-11-18-12-15(14)7-9-19/h3-5,10,14-15,18H,2,6-9,11-12H2,1H3/t14-,15+. The van der Waals surface area contributed by atoms with E-state index in [1.54, 1.807) is 0 Å². The van der Waals surface area contributed by atoms with Crippen LogP contribution in [0.3, 0.4) is 0 Å². The molecule has 1 amide bonds. The van der Waals surface area contributed by atoms with Gasteiger partial charge in [0.2, 0.25) is 0 Å². The van der Waals surface area contributed by atoms with Crippen LogP contribution in [-0.4, -0.2) is 43.6 Å². The van der Waals surface area contributed by atoms with E-state index in [9.17, 15) is 4.79 Å². The van der Waals surface area contributed by atoms with Gasteiger partial charge in [-0.25, -0.2) is 0 Å². The van der Waals surface area contributed by atoms with Gasteiger partial charge >= 0.3 is 0 Å². The fraction of sp³-hybridized carbons (Fsp3) is 0.588. The summed E-state index contributed by atoms with van der Waals surface area (Å²) in [6.45, 7) is 6.56. The molecule has 0 aliphatic carbocycles. The van der Waals surface area contributed by atoms with Crippen molar-refractivity contribution in [3.8, 4) is 5.75 Å². The van der Waals surface area contributed by atoms with Crippen LogP contribution in [0.25, 0.3) is 0 Å². The minimum Gasteiger partial charge on any atom is -0.494 e. The first-order valence-electron chi connectivity index (χ1n) is 8.00. The number of hydrogen-bond acceptors (Lipinski definition) is 3. The van der Waals surface area contributed by atoms with E-state index in [4.69, 9.17) is 4.74 Å². The largest absolute Gasteiger partial charge is 0.494 e. The number of hydrogen-bond donors (Lipinski definition) is 1. The monoisotopic (exact) mass is 288 g/mol. The maximum absolute atomic E-state index is 12.7. The van der Waals surface area contributed by atoms with Crippen LogP contribution in [0.15, 0.2) is 24.3 Å². The third-order valence-electron chi connectivity index (χ3n) is 4.70. The smallest absolute Gasteiger partial charge is 0.253 e. The van der Waals surface area contributed by atoms with Gasteiger partial charge in [0.15, 0.2) is 0 Å². The lowest BCUT2D eigenvalue weighted by Gasteiger charge is -2.21. The quantitative estimate of drug-likeness (QED) is 0.926. The van der Waals surface area contributed by atoms with Crippen LogP contribution in [-0.2, 0) is 0 Å². The van der Waals surface area contributed by atoms with Crippen LogP contribution in [0.4, 0.5) is 0 Å². The molecule has 2 heterocycles. The second kappa shape index (κ2) is 6.48. The molecule has 4 heteroatoms. The van der Waals surface area contributed by atoms with Gasteiger partial charge in [0.05, 0.1) is 6.61 Å². The molecule has 0 aromatic heterocycles. The van der Waals surface area contributed by atoms with Crippen molar-refractivity contribution in [2.45, 2.75) is 19.8 Å². The highest BCUT2D eigenvalue weighted by Crippen LogP contribution is 2.28. The Bertz CT molecular complexity index is 489. The van der Waals surface area contributed by atoms with E-state index in [-0.39, 0.29) is 5.91 Å². The first kappa shape index (κ1) is 14.4. The molecule has 1 aromatic rings. The molecule has 1 N–H and O–H groups in total. The number of nitrogens with zero attached hydrogens (tertiary/aromatic N) is 1. The Balaban J connectivity index is 1.68. The number of benzene rings is 1. The Hall–Kier alpha value is -1.55. The summed E-state index contributed by atoms with van der Waals surface area (Å²) in [5.74, 6) is 2.42. The summed E-state index contributed by atoms with van der Waals surface area (Å²) in [6.07, 6.45) is 2.24. The Morgan fingerprint density at radius 3 is 2.67 bits per heavy atom. The zero-order valence-electron chi connectivity index (χ0n) is 12.7. The van der Waals surface area contributed by atoms with Gasteiger partial charge in [0.25, 0.3) is 5.91 Å². The summed E-state index contributed by atoms with van der Waals surface area (Å²) in [5, 5.41) is 3.47. The van der Waals surface area contributed by atoms with Crippen molar-refractivity contribution in [2.75, 3.05) is 32.8 Å². The normalized spacial score (nSPS) is 25.3. The number of likely N-dealkylation sites (tertiary alicyclic amines) is 1. The first-order valence-corrected chi connectivity index (χ1v) is 8.00. The van der Waals surface area contributed by atoms with Crippen molar-refractivity contribution in [1.82, 2.24) is 10.2 Å². The Labute approximate surface area is 126 Å².